The molecule has 7 nitrogen and oxygen atoms in total. The maximum Gasteiger partial charge on any atom is 0.258 e. The van der Waals surface area contributed by atoms with E-state index >= 15 is 0 Å². The average molecular weight is 376 g/mol. The molecule has 0 saturated carbocycles. The third kappa shape index (κ3) is 4.32. The minimum atomic E-state index is -0.305. The predicted octanol–water partition coefficient (Wildman–Crippen LogP) is 3.35. The number of para-hydroxylation sites is 2. The van der Waals surface area contributed by atoms with Gasteiger partial charge in [0, 0.05) is 25.2 Å². The molecule has 1 amide bonds. The Morgan fingerprint density at radius 2 is 1.93 bits per heavy atom. The van der Waals surface area contributed by atoms with E-state index in [0.29, 0.717) is 35.1 Å². The molecule has 2 aromatic heterocycles. The van der Waals surface area contributed by atoms with Gasteiger partial charge in [-0.15, -0.1) is 0 Å². The third-order valence-corrected chi connectivity index (χ3v) is 4.39. The summed E-state index contributed by atoms with van der Waals surface area (Å²) >= 11 is 0. The molecule has 1 N–H and O–H groups in total. The van der Waals surface area contributed by atoms with Crippen molar-refractivity contribution in [1.29, 1.82) is 0 Å². The zero-order chi connectivity index (χ0) is 19.2. The Bertz CT molecular complexity index is 926. The fourth-order valence-corrected chi connectivity index (χ4v) is 2.92. The molecule has 1 unspecified atom stereocenters. The zero-order valence-corrected chi connectivity index (χ0v) is 15.2. The minimum absolute atomic E-state index is 0.108. The number of carbonyl (C=O) groups is 1. The highest BCUT2D eigenvalue weighted by molar-refractivity contribution is 6.04. The maximum atomic E-state index is 12.6. The fourth-order valence-electron chi connectivity index (χ4n) is 2.92. The highest BCUT2D eigenvalue weighted by Crippen LogP contribution is 2.25. The van der Waals surface area contributed by atoms with Crippen LogP contribution in [0.2, 0.25) is 0 Å². The van der Waals surface area contributed by atoms with Gasteiger partial charge < -0.3 is 14.8 Å². The highest BCUT2D eigenvalue weighted by atomic mass is 16.5. The SMILES string of the molecule is O=C(Nc1ccccc1OCC1CCCO1)c1cnc(-c2ccccn2)nc1. The van der Waals surface area contributed by atoms with E-state index in [4.69, 9.17) is 9.47 Å². The molecule has 142 valence electrons. The van der Waals surface area contributed by atoms with Crippen molar-refractivity contribution >= 4 is 11.6 Å². The molecule has 3 aromatic rings. The summed E-state index contributed by atoms with van der Waals surface area (Å²) in [4.78, 5) is 25.3. The van der Waals surface area contributed by atoms with Crippen LogP contribution in [0.15, 0.2) is 61.1 Å². The van der Waals surface area contributed by atoms with Gasteiger partial charge in [0.2, 0.25) is 0 Å². The van der Waals surface area contributed by atoms with Gasteiger partial charge in [0.25, 0.3) is 5.91 Å². The number of benzene rings is 1. The van der Waals surface area contributed by atoms with Crippen molar-refractivity contribution < 1.29 is 14.3 Å². The molecule has 7 heteroatoms. The second kappa shape index (κ2) is 8.58. The van der Waals surface area contributed by atoms with Crippen LogP contribution >= 0.6 is 0 Å². The van der Waals surface area contributed by atoms with Crippen molar-refractivity contribution in [1.82, 2.24) is 15.0 Å². The van der Waals surface area contributed by atoms with Crippen molar-refractivity contribution in [3.8, 4) is 17.3 Å². The van der Waals surface area contributed by atoms with Gasteiger partial charge in [-0.1, -0.05) is 18.2 Å². The summed E-state index contributed by atoms with van der Waals surface area (Å²) in [5, 5.41) is 2.86. The van der Waals surface area contributed by atoms with Gasteiger partial charge in [0.1, 0.15) is 18.1 Å². The largest absolute Gasteiger partial charge is 0.489 e. The molecule has 0 aliphatic carbocycles. The van der Waals surface area contributed by atoms with E-state index in [1.54, 1.807) is 12.3 Å². The van der Waals surface area contributed by atoms with Gasteiger partial charge in [-0.2, -0.15) is 0 Å². The summed E-state index contributed by atoms with van der Waals surface area (Å²) in [6, 6.07) is 12.8. The van der Waals surface area contributed by atoms with E-state index in [2.05, 4.69) is 20.3 Å². The Morgan fingerprint density at radius 1 is 1.11 bits per heavy atom. The van der Waals surface area contributed by atoms with Crippen molar-refractivity contribution in [2.75, 3.05) is 18.5 Å². The van der Waals surface area contributed by atoms with E-state index in [9.17, 15) is 4.79 Å². The number of aromatic nitrogens is 3. The molecule has 3 heterocycles. The van der Waals surface area contributed by atoms with Crippen LogP contribution in [0.5, 0.6) is 5.75 Å². The summed E-state index contributed by atoms with van der Waals surface area (Å²) < 4.78 is 11.4. The van der Waals surface area contributed by atoms with Crippen LogP contribution in [0.3, 0.4) is 0 Å². The van der Waals surface area contributed by atoms with Crippen LogP contribution in [0.25, 0.3) is 11.5 Å². The topological polar surface area (TPSA) is 86.2 Å². The van der Waals surface area contributed by atoms with Gasteiger partial charge in [0.15, 0.2) is 5.82 Å². The van der Waals surface area contributed by atoms with Crippen molar-refractivity contribution in [3.05, 3.63) is 66.6 Å². The summed E-state index contributed by atoms with van der Waals surface area (Å²) in [5.74, 6) is 0.774. The molecule has 0 radical (unpaired) electrons. The Labute approximate surface area is 162 Å². The first-order chi connectivity index (χ1) is 13.8. The molecular weight excluding hydrogens is 356 g/mol. The van der Waals surface area contributed by atoms with E-state index in [0.717, 1.165) is 19.4 Å². The Kier molecular flexibility index (Phi) is 5.53. The monoisotopic (exact) mass is 376 g/mol. The average Bonchev–Trinajstić information content (AvgIpc) is 3.27. The van der Waals surface area contributed by atoms with Crippen LogP contribution < -0.4 is 10.1 Å². The molecule has 1 fully saturated rings. The summed E-state index contributed by atoms with van der Waals surface area (Å²) in [5.41, 5.74) is 1.61. The summed E-state index contributed by atoms with van der Waals surface area (Å²) in [6.07, 6.45) is 6.81. The minimum Gasteiger partial charge on any atom is -0.489 e. The summed E-state index contributed by atoms with van der Waals surface area (Å²) in [6.45, 7) is 1.25. The van der Waals surface area contributed by atoms with Crippen molar-refractivity contribution in [2.45, 2.75) is 18.9 Å². The smallest absolute Gasteiger partial charge is 0.258 e. The fraction of sp³-hybridized carbons (Fsp3) is 0.238. The van der Waals surface area contributed by atoms with Crippen molar-refractivity contribution in [3.63, 3.8) is 0 Å². The zero-order valence-electron chi connectivity index (χ0n) is 15.2. The van der Waals surface area contributed by atoms with E-state index in [1.807, 2.05) is 36.4 Å². The first-order valence-electron chi connectivity index (χ1n) is 9.18. The van der Waals surface area contributed by atoms with E-state index in [1.165, 1.54) is 12.4 Å². The van der Waals surface area contributed by atoms with Gasteiger partial charge >= 0.3 is 0 Å². The normalized spacial score (nSPS) is 15.9. The van der Waals surface area contributed by atoms with Crippen LogP contribution in [-0.4, -0.2) is 40.2 Å². The molecule has 1 aliphatic heterocycles. The Hall–Kier alpha value is -3.32. The van der Waals surface area contributed by atoms with Crippen LogP contribution in [0.4, 0.5) is 5.69 Å². The van der Waals surface area contributed by atoms with Gasteiger partial charge in [0.05, 0.1) is 17.4 Å². The third-order valence-electron chi connectivity index (χ3n) is 4.39. The molecule has 1 aromatic carbocycles. The number of nitrogens with one attached hydrogen (secondary N) is 1. The molecule has 1 aliphatic rings. The number of hydrogen-bond donors (Lipinski definition) is 1. The number of anilines is 1. The number of carbonyl (C=O) groups excluding carboxylic acids is 1. The van der Waals surface area contributed by atoms with Gasteiger partial charge in [-0.3, -0.25) is 9.78 Å². The second-order valence-corrected chi connectivity index (χ2v) is 6.41. The number of nitrogens with zero attached hydrogens (tertiary/aromatic N) is 3. The van der Waals surface area contributed by atoms with Gasteiger partial charge in [-0.05, 0) is 37.1 Å². The Balaban J connectivity index is 1.43. The van der Waals surface area contributed by atoms with Crippen LogP contribution in [0, 0.1) is 0 Å². The van der Waals surface area contributed by atoms with Crippen molar-refractivity contribution in [2.24, 2.45) is 0 Å². The number of pyridine rings is 1. The van der Waals surface area contributed by atoms with E-state index in [-0.39, 0.29) is 12.0 Å². The van der Waals surface area contributed by atoms with Crippen LogP contribution in [-0.2, 0) is 4.74 Å². The molecular formula is C21H20N4O3. The number of rotatable bonds is 6. The second-order valence-electron chi connectivity index (χ2n) is 6.41. The number of ether oxygens (including phenoxy) is 2. The molecule has 28 heavy (non-hydrogen) atoms. The predicted molar refractivity (Wildman–Crippen MR) is 104 cm³/mol. The molecule has 1 atom stereocenters. The lowest BCUT2D eigenvalue weighted by Crippen LogP contribution is -2.18. The van der Waals surface area contributed by atoms with Crippen LogP contribution in [0.1, 0.15) is 23.2 Å². The molecule has 0 spiro atoms. The number of amides is 1. The number of hydrogen-bond acceptors (Lipinski definition) is 6. The molecule has 0 bridgehead atoms. The lowest BCUT2D eigenvalue weighted by molar-refractivity contribution is 0.0682. The first kappa shape index (κ1) is 18.1. The Morgan fingerprint density at radius 3 is 2.68 bits per heavy atom. The molecule has 4 rings (SSSR count). The quantitative estimate of drug-likeness (QED) is 0.710. The highest BCUT2D eigenvalue weighted by Gasteiger charge is 2.17. The van der Waals surface area contributed by atoms with Gasteiger partial charge in [-0.25, -0.2) is 9.97 Å². The lowest BCUT2D eigenvalue weighted by atomic mass is 10.2. The summed E-state index contributed by atoms with van der Waals surface area (Å²) in [7, 11) is 0. The lowest BCUT2D eigenvalue weighted by Gasteiger charge is -2.15. The van der Waals surface area contributed by atoms with E-state index < -0.39 is 0 Å². The first-order valence-corrected chi connectivity index (χ1v) is 9.18. The standard InChI is InChI=1S/C21H20N4O3/c26-21(15-12-23-20(24-13-15)18-8-3-4-10-22-18)25-17-7-1-2-9-19(17)28-14-16-6-5-11-27-16/h1-4,7-10,12-13,16H,5-6,11,14H2,(H,25,26). The molecule has 1 saturated heterocycles. The maximum absolute atomic E-state index is 12.6.